The molecule has 1 amide bonds. The average Bonchev–Trinajstić information content (AvgIpc) is 2.95. The van der Waals surface area contributed by atoms with Crippen LogP contribution in [0.2, 0.25) is 0 Å². The molecule has 6 heteroatoms. The standard InChI is InChI=1S/C16H15BrN4O/c1-11-2-4-12(5-3-11)6-7-15(22)19-14-8-13(17)9-21-10-18-20-16(14)21/h2-5,8-10H,6-7H2,1H3,(H,19,22). The number of carbonyl (C=O) groups excluding carboxylic acids is 1. The fourth-order valence-electron chi connectivity index (χ4n) is 2.22. The smallest absolute Gasteiger partial charge is 0.224 e. The number of aromatic nitrogens is 3. The molecular formula is C16H15BrN4O. The molecular weight excluding hydrogens is 344 g/mol. The fourth-order valence-corrected chi connectivity index (χ4v) is 2.67. The summed E-state index contributed by atoms with van der Waals surface area (Å²) in [7, 11) is 0. The normalized spacial score (nSPS) is 10.8. The van der Waals surface area contributed by atoms with Gasteiger partial charge in [-0.1, -0.05) is 29.8 Å². The van der Waals surface area contributed by atoms with E-state index < -0.39 is 0 Å². The van der Waals surface area contributed by atoms with E-state index in [0.717, 1.165) is 10.0 Å². The van der Waals surface area contributed by atoms with Gasteiger partial charge in [-0.25, -0.2) is 0 Å². The van der Waals surface area contributed by atoms with Gasteiger partial charge in [-0.15, -0.1) is 10.2 Å². The van der Waals surface area contributed by atoms with E-state index in [1.54, 1.807) is 10.7 Å². The van der Waals surface area contributed by atoms with Crippen LogP contribution in [0.5, 0.6) is 0 Å². The molecule has 2 aromatic heterocycles. The van der Waals surface area contributed by atoms with E-state index in [4.69, 9.17) is 0 Å². The summed E-state index contributed by atoms with van der Waals surface area (Å²) in [5.41, 5.74) is 3.66. The van der Waals surface area contributed by atoms with E-state index in [-0.39, 0.29) is 5.91 Å². The molecule has 0 aliphatic carbocycles. The molecule has 0 fully saturated rings. The average molecular weight is 359 g/mol. The fraction of sp³-hybridized carbons (Fsp3) is 0.188. The van der Waals surface area contributed by atoms with Crippen LogP contribution in [0.3, 0.4) is 0 Å². The van der Waals surface area contributed by atoms with E-state index in [1.165, 1.54) is 5.56 Å². The predicted molar refractivity (Wildman–Crippen MR) is 88.8 cm³/mol. The van der Waals surface area contributed by atoms with E-state index in [1.807, 2.05) is 19.2 Å². The third-order valence-electron chi connectivity index (χ3n) is 3.39. The number of halogens is 1. The van der Waals surface area contributed by atoms with E-state index >= 15 is 0 Å². The summed E-state index contributed by atoms with van der Waals surface area (Å²) < 4.78 is 2.62. The molecule has 0 atom stereocenters. The quantitative estimate of drug-likeness (QED) is 0.777. The van der Waals surface area contributed by atoms with Gasteiger partial charge in [0.2, 0.25) is 5.91 Å². The molecule has 1 aromatic carbocycles. The topological polar surface area (TPSA) is 59.3 Å². The Morgan fingerprint density at radius 1 is 1.32 bits per heavy atom. The Morgan fingerprint density at radius 2 is 2.09 bits per heavy atom. The summed E-state index contributed by atoms with van der Waals surface area (Å²) in [5, 5.41) is 10.8. The second kappa shape index (κ2) is 6.27. The molecule has 2 heterocycles. The molecule has 3 aromatic rings. The number of benzene rings is 1. The predicted octanol–water partition coefficient (Wildman–Crippen LogP) is 3.37. The number of aryl methyl sites for hydroxylation is 2. The molecule has 1 N–H and O–H groups in total. The summed E-state index contributed by atoms with van der Waals surface area (Å²) in [4.78, 5) is 12.1. The maximum atomic E-state index is 12.1. The third kappa shape index (κ3) is 3.33. The monoisotopic (exact) mass is 358 g/mol. The minimum Gasteiger partial charge on any atom is -0.323 e. The number of carbonyl (C=O) groups is 1. The van der Waals surface area contributed by atoms with Gasteiger partial charge >= 0.3 is 0 Å². The van der Waals surface area contributed by atoms with Crippen molar-refractivity contribution < 1.29 is 4.79 Å². The number of fused-ring (bicyclic) bond motifs is 1. The Labute approximate surface area is 136 Å². The second-order valence-electron chi connectivity index (χ2n) is 5.17. The van der Waals surface area contributed by atoms with Crippen LogP contribution in [0, 0.1) is 6.92 Å². The molecule has 0 aliphatic heterocycles. The van der Waals surface area contributed by atoms with Crippen LogP contribution in [0.25, 0.3) is 5.65 Å². The third-order valence-corrected chi connectivity index (χ3v) is 3.83. The van der Waals surface area contributed by atoms with Crippen molar-refractivity contribution in [2.24, 2.45) is 0 Å². The lowest BCUT2D eigenvalue weighted by molar-refractivity contribution is -0.116. The summed E-state index contributed by atoms with van der Waals surface area (Å²) in [5.74, 6) is -0.0384. The van der Waals surface area contributed by atoms with Crippen LogP contribution >= 0.6 is 15.9 Å². The molecule has 112 valence electrons. The minimum absolute atomic E-state index is 0.0384. The molecule has 0 aliphatic rings. The lowest BCUT2D eigenvalue weighted by atomic mass is 10.1. The van der Waals surface area contributed by atoms with Crippen molar-refractivity contribution in [1.29, 1.82) is 0 Å². The maximum absolute atomic E-state index is 12.1. The lowest BCUT2D eigenvalue weighted by Crippen LogP contribution is -2.13. The van der Waals surface area contributed by atoms with Crippen molar-refractivity contribution in [3.8, 4) is 0 Å². The van der Waals surface area contributed by atoms with Crippen molar-refractivity contribution in [3.05, 3.63) is 58.5 Å². The Bertz CT molecular complexity index is 811. The number of nitrogens with zero attached hydrogens (tertiary/aromatic N) is 3. The molecule has 5 nitrogen and oxygen atoms in total. The van der Waals surface area contributed by atoms with Gasteiger partial charge in [0.1, 0.15) is 6.33 Å². The first-order valence-corrected chi connectivity index (χ1v) is 7.75. The van der Waals surface area contributed by atoms with Gasteiger partial charge in [0.25, 0.3) is 0 Å². The number of amides is 1. The summed E-state index contributed by atoms with van der Waals surface area (Å²) >= 11 is 3.41. The van der Waals surface area contributed by atoms with Crippen molar-refractivity contribution in [1.82, 2.24) is 14.6 Å². The van der Waals surface area contributed by atoms with Crippen molar-refractivity contribution >= 4 is 33.2 Å². The van der Waals surface area contributed by atoms with Crippen LogP contribution in [0.15, 0.2) is 47.3 Å². The number of nitrogens with one attached hydrogen (secondary N) is 1. The molecule has 22 heavy (non-hydrogen) atoms. The van der Waals surface area contributed by atoms with Crippen molar-refractivity contribution in [2.45, 2.75) is 19.8 Å². The van der Waals surface area contributed by atoms with Gasteiger partial charge in [-0.3, -0.25) is 9.20 Å². The highest BCUT2D eigenvalue weighted by molar-refractivity contribution is 9.10. The largest absolute Gasteiger partial charge is 0.323 e. The van der Waals surface area contributed by atoms with E-state index in [0.29, 0.717) is 24.2 Å². The number of pyridine rings is 1. The van der Waals surface area contributed by atoms with E-state index in [2.05, 4.69) is 55.7 Å². The maximum Gasteiger partial charge on any atom is 0.224 e. The van der Waals surface area contributed by atoms with E-state index in [9.17, 15) is 4.79 Å². The Kier molecular flexibility index (Phi) is 4.20. The van der Waals surface area contributed by atoms with Gasteiger partial charge in [0.15, 0.2) is 5.65 Å². The molecule has 0 unspecified atom stereocenters. The highest BCUT2D eigenvalue weighted by atomic mass is 79.9. The first kappa shape index (κ1) is 14.7. The van der Waals surface area contributed by atoms with Crippen LogP contribution in [-0.4, -0.2) is 20.5 Å². The molecule has 0 bridgehead atoms. The SMILES string of the molecule is Cc1ccc(CCC(=O)Nc2cc(Br)cn3cnnc23)cc1. The van der Waals surface area contributed by atoms with Gasteiger partial charge in [0.05, 0.1) is 5.69 Å². The van der Waals surface area contributed by atoms with Gasteiger partial charge in [0, 0.05) is 17.1 Å². The highest BCUT2D eigenvalue weighted by Crippen LogP contribution is 2.21. The van der Waals surface area contributed by atoms with Gasteiger partial charge < -0.3 is 5.32 Å². The first-order chi connectivity index (χ1) is 10.6. The summed E-state index contributed by atoms with van der Waals surface area (Å²) in [6, 6.07) is 10.0. The Morgan fingerprint density at radius 3 is 2.86 bits per heavy atom. The van der Waals surface area contributed by atoms with Crippen LogP contribution in [-0.2, 0) is 11.2 Å². The molecule has 0 spiro atoms. The lowest BCUT2D eigenvalue weighted by Gasteiger charge is -2.07. The number of hydrogen-bond donors (Lipinski definition) is 1. The number of hydrogen-bond acceptors (Lipinski definition) is 3. The number of anilines is 1. The van der Waals surface area contributed by atoms with Crippen molar-refractivity contribution in [3.63, 3.8) is 0 Å². The Hall–Kier alpha value is -2.21. The zero-order valence-electron chi connectivity index (χ0n) is 12.1. The van der Waals surface area contributed by atoms with Crippen molar-refractivity contribution in [2.75, 3.05) is 5.32 Å². The molecule has 0 saturated heterocycles. The minimum atomic E-state index is -0.0384. The molecule has 0 radical (unpaired) electrons. The molecule has 3 rings (SSSR count). The zero-order valence-corrected chi connectivity index (χ0v) is 13.7. The zero-order chi connectivity index (χ0) is 15.5. The second-order valence-corrected chi connectivity index (χ2v) is 6.08. The highest BCUT2D eigenvalue weighted by Gasteiger charge is 2.09. The first-order valence-electron chi connectivity index (χ1n) is 6.96. The van der Waals surface area contributed by atoms with Crippen LogP contribution < -0.4 is 5.32 Å². The number of rotatable bonds is 4. The summed E-state index contributed by atoms with van der Waals surface area (Å²) in [6.07, 6.45) is 4.58. The van der Waals surface area contributed by atoms with Crippen LogP contribution in [0.1, 0.15) is 17.5 Å². The Balaban J connectivity index is 1.68. The summed E-state index contributed by atoms with van der Waals surface area (Å²) in [6.45, 7) is 2.05. The molecule has 0 saturated carbocycles. The van der Waals surface area contributed by atoms with Crippen LogP contribution in [0.4, 0.5) is 5.69 Å². The van der Waals surface area contributed by atoms with Gasteiger partial charge in [-0.2, -0.15) is 0 Å². The van der Waals surface area contributed by atoms with Gasteiger partial charge in [-0.05, 0) is 40.9 Å².